The molecule has 0 bridgehead atoms. The summed E-state index contributed by atoms with van der Waals surface area (Å²) in [6, 6.07) is 8.08. The van der Waals surface area contributed by atoms with E-state index in [1.54, 1.807) is 26.0 Å². The number of nitrogens with two attached hydrogens (primary N) is 1. The Morgan fingerprint density at radius 1 is 1.24 bits per heavy atom. The van der Waals surface area contributed by atoms with Gasteiger partial charge < -0.3 is 15.5 Å². The number of Topliss-reactive ketones (excluding diaryl/α,β-unsaturated/α-hetero) is 1. The highest BCUT2D eigenvalue weighted by Gasteiger charge is 2.31. The lowest BCUT2D eigenvalue weighted by Crippen LogP contribution is -2.49. The van der Waals surface area contributed by atoms with E-state index in [0.29, 0.717) is 23.6 Å². The number of hydrogen-bond acceptors (Lipinski definition) is 5. The third kappa shape index (κ3) is 4.12. The molecule has 25 heavy (non-hydrogen) atoms. The number of nitrogens with one attached hydrogen (secondary N) is 1. The van der Waals surface area contributed by atoms with E-state index < -0.39 is 23.6 Å². The molecule has 7 nitrogen and oxygen atoms in total. The van der Waals surface area contributed by atoms with Gasteiger partial charge in [-0.05, 0) is 5.92 Å². The largest absolute Gasteiger partial charge is 0.435 e. The van der Waals surface area contributed by atoms with Crippen LogP contribution in [0.3, 0.4) is 0 Å². The molecule has 7 heteroatoms. The van der Waals surface area contributed by atoms with Crippen LogP contribution in [0, 0.1) is 12.8 Å². The summed E-state index contributed by atoms with van der Waals surface area (Å²) in [5, 5.41) is 2.57. The van der Waals surface area contributed by atoms with Crippen molar-refractivity contribution in [3.05, 3.63) is 42.0 Å². The summed E-state index contributed by atoms with van der Waals surface area (Å²) in [5.41, 5.74) is 6.19. The highest BCUT2D eigenvalue weighted by atomic mass is 16.4. The number of benzene rings is 1. The molecule has 132 valence electrons. The standard InChI is InChI=1S/C18H21N3O4/c1-4-10(2)13(15(22)17(19)23)21-18(24)16-14(20-11(3)25-16)12-8-6-5-7-9-12/h5-10,13H,4H2,1-3H3,(H2,19,23)(H,21,24). The number of hydrogen-bond donors (Lipinski definition) is 2. The molecule has 1 aromatic heterocycles. The molecular formula is C18H21N3O4. The van der Waals surface area contributed by atoms with Crippen LogP contribution >= 0.6 is 0 Å². The summed E-state index contributed by atoms with van der Waals surface area (Å²) < 4.78 is 5.43. The molecule has 1 heterocycles. The second-order valence-electron chi connectivity index (χ2n) is 5.84. The number of ketones is 1. The zero-order chi connectivity index (χ0) is 18.6. The van der Waals surface area contributed by atoms with Crippen LogP contribution in [0.5, 0.6) is 0 Å². The first-order valence-corrected chi connectivity index (χ1v) is 8.02. The number of oxazole rings is 1. The number of carbonyl (C=O) groups is 3. The van der Waals surface area contributed by atoms with Crippen LogP contribution in [0.4, 0.5) is 0 Å². The molecule has 0 aliphatic rings. The van der Waals surface area contributed by atoms with Gasteiger partial charge in [-0.3, -0.25) is 14.4 Å². The van der Waals surface area contributed by atoms with Crippen molar-refractivity contribution in [3.8, 4) is 11.3 Å². The topological polar surface area (TPSA) is 115 Å². The van der Waals surface area contributed by atoms with Gasteiger partial charge in [-0.25, -0.2) is 4.98 Å². The lowest BCUT2D eigenvalue weighted by Gasteiger charge is -2.21. The minimum atomic E-state index is -1.08. The van der Waals surface area contributed by atoms with E-state index in [4.69, 9.17) is 10.2 Å². The van der Waals surface area contributed by atoms with E-state index in [-0.39, 0.29) is 11.7 Å². The normalized spacial score (nSPS) is 13.1. The highest BCUT2D eigenvalue weighted by Crippen LogP contribution is 2.24. The van der Waals surface area contributed by atoms with Crippen LogP contribution in [0.2, 0.25) is 0 Å². The van der Waals surface area contributed by atoms with Gasteiger partial charge in [-0.15, -0.1) is 0 Å². The van der Waals surface area contributed by atoms with Crippen LogP contribution in [-0.4, -0.2) is 28.6 Å². The molecule has 0 spiro atoms. The summed E-state index contributed by atoms with van der Waals surface area (Å²) in [6.45, 7) is 5.24. The van der Waals surface area contributed by atoms with Crippen LogP contribution in [0.25, 0.3) is 11.3 Å². The fraction of sp³-hybridized carbons (Fsp3) is 0.333. The van der Waals surface area contributed by atoms with Crippen molar-refractivity contribution in [3.63, 3.8) is 0 Å². The van der Waals surface area contributed by atoms with Crippen molar-refractivity contribution in [2.75, 3.05) is 0 Å². The van der Waals surface area contributed by atoms with Gasteiger partial charge >= 0.3 is 0 Å². The maximum Gasteiger partial charge on any atom is 0.290 e. The second-order valence-corrected chi connectivity index (χ2v) is 5.84. The molecule has 2 unspecified atom stereocenters. The first-order chi connectivity index (χ1) is 11.8. The zero-order valence-corrected chi connectivity index (χ0v) is 14.4. The van der Waals surface area contributed by atoms with Crippen LogP contribution < -0.4 is 11.1 Å². The fourth-order valence-electron chi connectivity index (χ4n) is 2.43. The van der Waals surface area contributed by atoms with Crippen LogP contribution in [-0.2, 0) is 9.59 Å². The van der Waals surface area contributed by atoms with Gasteiger partial charge in [0, 0.05) is 12.5 Å². The van der Waals surface area contributed by atoms with E-state index in [0.717, 1.165) is 0 Å². The monoisotopic (exact) mass is 343 g/mol. The molecule has 3 N–H and O–H groups in total. The summed E-state index contributed by atoms with van der Waals surface area (Å²) in [7, 11) is 0. The van der Waals surface area contributed by atoms with Crippen molar-refractivity contribution in [2.45, 2.75) is 33.2 Å². The van der Waals surface area contributed by atoms with Crippen molar-refractivity contribution < 1.29 is 18.8 Å². The second kappa shape index (κ2) is 7.74. The fourth-order valence-corrected chi connectivity index (χ4v) is 2.43. The number of amides is 2. The molecule has 0 aliphatic heterocycles. The highest BCUT2D eigenvalue weighted by molar-refractivity contribution is 6.38. The van der Waals surface area contributed by atoms with Gasteiger partial charge in [-0.2, -0.15) is 0 Å². The Kier molecular flexibility index (Phi) is 5.69. The number of primary amides is 1. The van der Waals surface area contributed by atoms with Crippen LogP contribution in [0.1, 0.15) is 36.7 Å². The Bertz CT molecular complexity index is 783. The van der Waals surface area contributed by atoms with Gasteiger partial charge in [0.1, 0.15) is 11.7 Å². The van der Waals surface area contributed by atoms with Gasteiger partial charge in [0.15, 0.2) is 5.89 Å². The number of rotatable bonds is 7. The minimum Gasteiger partial charge on any atom is -0.435 e. The van der Waals surface area contributed by atoms with Crippen LogP contribution in [0.15, 0.2) is 34.7 Å². The molecule has 0 saturated heterocycles. The van der Waals surface area contributed by atoms with Gasteiger partial charge in [0.2, 0.25) is 11.5 Å². The molecule has 0 radical (unpaired) electrons. The Morgan fingerprint density at radius 2 is 1.88 bits per heavy atom. The number of nitrogens with zero attached hydrogens (tertiary/aromatic N) is 1. The summed E-state index contributed by atoms with van der Waals surface area (Å²) in [6.07, 6.45) is 0.588. The first-order valence-electron chi connectivity index (χ1n) is 8.02. The van der Waals surface area contributed by atoms with E-state index in [9.17, 15) is 14.4 Å². The van der Waals surface area contributed by atoms with Gasteiger partial charge in [-0.1, -0.05) is 50.6 Å². The predicted molar refractivity (Wildman–Crippen MR) is 91.6 cm³/mol. The van der Waals surface area contributed by atoms with Gasteiger partial charge in [0.05, 0.1) is 0 Å². The molecule has 2 atom stereocenters. The third-order valence-electron chi connectivity index (χ3n) is 4.01. The maximum atomic E-state index is 12.7. The average molecular weight is 343 g/mol. The lowest BCUT2D eigenvalue weighted by atomic mass is 9.95. The van der Waals surface area contributed by atoms with Crippen molar-refractivity contribution in [2.24, 2.45) is 11.7 Å². The molecule has 0 aliphatic carbocycles. The Balaban J connectivity index is 2.34. The summed E-state index contributed by atoms with van der Waals surface area (Å²) in [4.78, 5) is 40.2. The van der Waals surface area contributed by atoms with Crippen molar-refractivity contribution in [1.29, 1.82) is 0 Å². The van der Waals surface area contributed by atoms with Crippen molar-refractivity contribution in [1.82, 2.24) is 10.3 Å². The molecule has 2 aromatic rings. The van der Waals surface area contributed by atoms with E-state index in [1.165, 1.54) is 0 Å². The predicted octanol–water partition coefficient (Wildman–Crippen LogP) is 1.85. The molecular weight excluding hydrogens is 322 g/mol. The van der Waals surface area contributed by atoms with Crippen molar-refractivity contribution >= 4 is 17.6 Å². The summed E-state index contributed by atoms with van der Waals surface area (Å²) >= 11 is 0. The molecule has 0 saturated carbocycles. The molecule has 0 fully saturated rings. The Morgan fingerprint density at radius 3 is 2.44 bits per heavy atom. The average Bonchev–Trinajstić information content (AvgIpc) is 3.00. The maximum absolute atomic E-state index is 12.7. The number of aromatic nitrogens is 1. The Labute approximate surface area is 145 Å². The number of carbonyl (C=O) groups excluding carboxylic acids is 3. The van der Waals surface area contributed by atoms with Gasteiger partial charge in [0.25, 0.3) is 11.8 Å². The lowest BCUT2D eigenvalue weighted by molar-refractivity contribution is -0.137. The number of aryl methyl sites for hydroxylation is 1. The summed E-state index contributed by atoms with van der Waals surface area (Å²) in [5.74, 6) is -2.46. The third-order valence-corrected chi connectivity index (χ3v) is 4.01. The SMILES string of the molecule is CCC(C)C(NC(=O)c1oc(C)nc1-c1ccccc1)C(=O)C(N)=O. The van der Waals surface area contributed by atoms with E-state index in [2.05, 4.69) is 10.3 Å². The Hall–Kier alpha value is -2.96. The molecule has 2 rings (SSSR count). The van der Waals surface area contributed by atoms with E-state index in [1.807, 2.05) is 25.1 Å². The minimum absolute atomic E-state index is 0.00530. The van der Waals surface area contributed by atoms with E-state index >= 15 is 0 Å². The molecule has 2 amide bonds. The first kappa shape index (κ1) is 18.4. The molecule has 1 aromatic carbocycles. The quantitative estimate of drug-likeness (QED) is 0.744. The zero-order valence-electron chi connectivity index (χ0n) is 14.4. The smallest absolute Gasteiger partial charge is 0.290 e.